The zero-order valence-electron chi connectivity index (χ0n) is 15.8. The number of methoxy groups -OCH3 is 1. The Hall–Kier alpha value is -2.89. The first kappa shape index (κ1) is 20.4. The highest BCUT2D eigenvalue weighted by molar-refractivity contribution is 5.83. The molecular formula is C21H24FNO4. The third-order valence-electron chi connectivity index (χ3n) is 4.13. The zero-order chi connectivity index (χ0) is 19.8. The molecule has 0 fully saturated rings. The van der Waals surface area contributed by atoms with Crippen LogP contribution in [0.5, 0.6) is 5.75 Å². The van der Waals surface area contributed by atoms with Crippen LogP contribution >= 0.6 is 0 Å². The van der Waals surface area contributed by atoms with Gasteiger partial charge in [0.25, 0.3) is 5.91 Å². The van der Waals surface area contributed by atoms with Crippen LogP contribution in [0.15, 0.2) is 48.5 Å². The molecule has 0 saturated carbocycles. The molecule has 144 valence electrons. The first-order chi connectivity index (χ1) is 12.9. The molecule has 0 spiro atoms. The Balaban J connectivity index is 1.84. The summed E-state index contributed by atoms with van der Waals surface area (Å²) in [5.41, 5.74) is 1.57. The SMILES string of the molecule is COc1ccccc1CCC(=O)OC(C)C(=O)N(C)Cc1cccc(F)c1. The maximum atomic E-state index is 13.2. The number of para-hydroxylation sites is 1. The van der Waals surface area contributed by atoms with E-state index in [9.17, 15) is 14.0 Å². The second-order valence-electron chi connectivity index (χ2n) is 6.27. The fourth-order valence-electron chi connectivity index (χ4n) is 2.75. The summed E-state index contributed by atoms with van der Waals surface area (Å²) >= 11 is 0. The van der Waals surface area contributed by atoms with Crippen LogP contribution in [0, 0.1) is 5.82 Å². The molecule has 0 radical (unpaired) electrons. The summed E-state index contributed by atoms with van der Waals surface area (Å²) in [5, 5.41) is 0. The molecule has 1 unspecified atom stereocenters. The van der Waals surface area contributed by atoms with E-state index < -0.39 is 12.1 Å². The maximum absolute atomic E-state index is 13.2. The van der Waals surface area contributed by atoms with Crippen molar-refractivity contribution in [2.24, 2.45) is 0 Å². The van der Waals surface area contributed by atoms with Gasteiger partial charge in [0.2, 0.25) is 0 Å². The van der Waals surface area contributed by atoms with Gasteiger partial charge in [-0.3, -0.25) is 9.59 Å². The molecule has 27 heavy (non-hydrogen) atoms. The molecule has 0 N–H and O–H groups in total. The van der Waals surface area contributed by atoms with Crippen LogP contribution in [0.1, 0.15) is 24.5 Å². The van der Waals surface area contributed by atoms with Crippen LogP contribution in [-0.2, 0) is 27.3 Å². The maximum Gasteiger partial charge on any atom is 0.306 e. The van der Waals surface area contributed by atoms with Crippen LogP contribution in [-0.4, -0.2) is 37.0 Å². The van der Waals surface area contributed by atoms with Gasteiger partial charge in [-0.2, -0.15) is 0 Å². The van der Waals surface area contributed by atoms with Crippen molar-refractivity contribution >= 4 is 11.9 Å². The highest BCUT2D eigenvalue weighted by Gasteiger charge is 2.21. The van der Waals surface area contributed by atoms with Crippen molar-refractivity contribution in [1.29, 1.82) is 0 Å². The number of amides is 1. The van der Waals surface area contributed by atoms with Gasteiger partial charge in [-0.15, -0.1) is 0 Å². The predicted octanol–water partition coefficient (Wildman–Crippen LogP) is 3.36. The minimum Gasteiger partial charge on any atom is -0.496 e. The molecule has 0 heterocycles. The number of halogens is 1. The van der Waals surface area contributed by atoms with E-state index in [-0.39, 0.29) is 24.7 Å². The molecule has 0 bridgehead atoms. The fourth-order valence-corrected chi connectivity index (χ4v) is 2.75. The number of esters is 1. The number of carbonyl (C=O) groups is 2. The van der Waals surface area contributed by atoms with Gasteiger partial charge in [0.1, 0.15) is 11.6 Å². The van der Waals surface area contributed by atoms with E-state index in [2.05, 4.69) is 0 Å². The number of aryl methyl sites for hydroxylation is 1. The highest BCUT2D eigenvalue weighted by atomic mass is 19.1. The van der Waals surface area contributed by atoms with E-state index in [1.807, 2.05) is 24.3 Å². The van der Waals surface area contributed by atoms with Crippen LogP contribution in [0.25, 0.3) is 0 Å². The lowest BCUT2D eigenvalue weighted by atomic mass is 10.1. The summed E-state index contributed by atoms with van der Waals surface area (Å²) in [5.74, 6) is -0.445. The Morgan fingerprint density at radius 3 is 2.59 bits per heavy atom. The largest absolute Gasteiger partial charge is 0.496 e. The summed E-state index contributed by atoms with van der Waals surface area (Å²) in [7, 11) is 3.17. The van der Waals surface area contributed by atoms with Gasteiger partial charge in [0.05, 0.1) is 7.11 Å². The monoisotopic (exact) mass is 373 g/mol. The van der Waals surface area contributed by atoms with Crippen molar-refractivity contribution in [2.75, 3.05) is 14.2 Å². The van der Waals surface area contributed by atoms with Gasteiger partial charge in [0, 0.05) is 20.0 Å². The number of nitrogens with zero attached hydrogens (tertiary/aromatic N) is 1. The molecule has 2 aromatic rings. The normalized spacial score (nSPS) is 11.6. The fraction of sp³-hybridized carbons (Fsp3) is 0.333. The number of carbonyl (C=O) groups excluding carboxylic acids is 2. The highest BCUT2D eigenvalue weighted by Crippen LogP contribution is 2.19. The lowest BCUT2D eigenvalue weighted by Gasteiger charge is -2.21. The molecule has 0 aliphatic rings. The van der Waals surface area contributed by atoms with Crippen LogP contribution in [0.4, 0.5) is 4.39 Å². The molecule has 1 atom stereocenters. The Morgan fingerprint density at radius 2 is 1.89 bits per heavy atom. The number of ether oxygens (including phenoxy) is 2. The number of rotatable bonds is 8. The van der Waals surface area contributed by atoms with E-state index in [1.165, 1.54) is 24.0 Å². The van der Waals surface area contributed by atoms with Gasteiger partial charge in [-0.25, -0.2) is 4.39 Å². The smallest absolute Gasteiger partial charge is 0.306 e. The molecule has 1 amide bonds. The molecule has 0 aliphatic carbocycles. The lowest BCUT2D eigenvalue weighted by Crippen LogP contribution is -2.37. The lowest BCUT2D eigenvalue weighted by molar-refractivity contribution is -0.158. The van der Waals surface area contributed by atoms with Gasteiger partial charge in [0.15, 0.2) is 6.10 Å². The summed E-state index contributed by atoms with van der Waals surface area (Å²) in [6.45, 7) is 1.77. The van der Waals surface area contributed by atoms with Crippen molar-refractivity contribution < 1.29 is 23.5 Å². The van der Waals surface area contributed by atoms with Crippen molar-refractivity contribution in [2.45, 2.75) is 32.4 Å². The van der Waals surface area contributed by atoms with E-state index in [0.717, 1.165) is 5.56 Å². The summed E-state index contributed by atoms with van der Waals surface area (Å²) in [6.07, 6.45) is -0.303. The minimum absolute atomic E-state index is 0.144. The average molecular weight is 373 g/mol. The van der Waals surface area contributed by atoms with Crippen molar-refractivity contribution in [1.82, 2.24) is 4.90 Å². The van der Waals surface area contributed by atoms with Gasteiger partial charge >= 0.3 is 5.97 Å². The molecular weight excluding hydrogens is 349 g/mol. The second kappa shape index (κ2) is 9.71. The molecule has 2 rings (SSSR count). The first-order valence-electron chi connectivity index (χ1n) is 8.71. The van der Waals surface area contributed by atoms with Crippen LogP contribution < -0.4 is 4.74 Å². The van der Waals surface area contributed by atoms with E-state index in [4.69, 9.17) is 9.47 Å². The second-order valence-corrected chi connectivity index (χ2v) is 6.27. The molecule has 6 heteroatoms. The topological polar surface area (TPSA) is 55.8 Å². The summed E-state index contributed by atoms with van der Waals surface area (Å²) in [6, 6.07) is 13.5. The van der Waals surface area contributed by atoms with Crippen LogP contribution in [0.3, 0.4) is 0 Å². The molecule has 0 aromatic heterocycles. The van der Waals surface area contributed by atoms with Crippen molar-refractivity contribution in [3.63, 3.8) is 0 Å². The summed E-state index contributed by atoms with van der Waals surface area (Å²) in [4.78, 5) is 25.9. The Bertz CT molecular complexity index is 793. The van der Waals surface area contributed by atoms with Gasteiger partial charge in [-0.1, -0.05) is 30.3 Å². The summed E-state index contributed by atoms with van der Waals surface area (Å²) < 4.78 is 23.7. The van der Waals surface area contributed by atoms with Crippen LogP contribution in [0.2, 0.25) is 0 Å². The number of hydrogen-bond acceptors (Lipinski definition) is 4. The standard InChI is InChI=1S/C21H24FNO4/c1-15(21(25)23(2)14-16-7-6-9-18(22)13-16)27-20(24)12-11-17-8-4-5-10-19(17)26-3/h4-10,13,15H,11-12,14H2,1-3H3. The number of benzene rings is 2. The quantitative estimate of drug-likeness (QED) is 0.666. The Labute approximate surface area is 158 Å². The van der Waals surface area contributed by atoms with E-state index >= 15 is 0 Å². The number of hydrogen-bond donors (Lipinski definition) is 0. The minimum atomic E-state index is -0.909. The Kier molecular flexibility index (Phi) is 7.34. The van der Waals surface area contributed by atoms with Crippen molar-refractivity contribution in [3.05, 3.63) is 65.5 Å². The predicted molar refractivity (Wildman–Crippen MR) is 99.7 cm³/mol. The third kappa shape index (κ3) is 6.09. The zero-order valence-corrected chi connectivity index (χ0v) is 15.8. The van der Waals surface area contributed by atoms with Gasteiger partial charge < -0.3 is 14.4 Å². The third-order valence-corrected chi connectivity index (χ3v) is 4.13. The van der Waals surface area contributed by atoms with Crippen molar-refractivity contribution in [3.8, 4) is 5.75 Å². The molecule has 0 saturated heterocycles. The van der Waals surface area contributed by atoms with E-state index in [0.29, 0.717) is 17.7 Å². The molecule has 0 aliphatic heterocycles. The first-order valence-corrected chi connectivity index (χ1v) is 8.71. The van der Waals surface area contributed by atoms with Gasteiger partial charge in [-0.05, 0) is 42.7 Å². The van der Waals surface area contributed by atoms with E-state index in [1.54, 1.807) is 26.3 Å². The molecule has 5 nitrogen and oxygen atoms in total. The average Bonchev–Trinajstić information content (AvgIpc) is 2.65. The molecule has 2 aromatic carbocycles. The number of likely N-dealkylation sites (N-methyl/N-ethyl adjacent to an activating group) is 1. The Morgan fingerprint density at radius 1 is 1.15 bits per heavy atom.